The molecule has 6 nitrogen and oxygen atoms in total. The number of amides is 2. The van der Waals surface area contributed by atoms with Gasteiger partial charge in [0.2, 0.25) is 5.91 Å². The van der Waals surface area contributed by atoms with Crippen molar-refractivity contribution in [3.63, 3.8) is 0 Å². The quantitative estimate of drug-likeness (QED) is 0.640. The summed E-state index contributed by atoms with van der Waals surface area (Å²) in [6, 6.07) is 9.76. The van der Waals surface area contributed by atoms with Gasteiger partial charge in [-0.2, -0.15) is 0 Å². The lowest BCUT2D eigenvalue weighted by atomic mass is 10.2. The maximum atomic E-state index is 12.1. The highest BCUT2D eigenvalue weighted by molar-refractivity contribution is 6.32. The number of benzene rings is 2. The van der Waals surface area contributed by atoms with Crippen molar-refractivity contribution in [3.05, 3.63) is 52.0 Å². The van der Waals surface area contributed by atoms with Gasteiger partial charge in [-0.25, -0.2) is 0 Å². The third-order valence-electron chi connectivity index (χ3n) is 3.72. The van der Waals surface area contributed by atoms with Crippen molar-refractivity contribution < 1.29 is 19.1 Å². The minimum atomic E-state index is -0.212. The molecule has 2 rings (SSSR count). The fraction of sp³-hybridized carbons (Fsp3) is 0.263. The summed E-state index contributed by atoms with van der Waals surface area (Å²) in [5.74, 6) is 0.447. The number of carbonyl (C=O) groups is 2. The van der Waals surface area contributed by atoms with Crippen LogP contribution in [0.15, 0.2) is 36.4 Å². The van der Waals surface area contributed by atoms with Crippen LogP contribution in [-0.4, -0.2) is 32.6 Å². The molecule has 0 spiro atoms. The zero-order valence-electron chi connectivity index (χ0n) is 15.0. The minimum absolute atomic E-state index is 0.210. The molecule has 0 fully saturated rings. The van der Waals surface area contributed by atoms with Gasteiger partial charge in [-0.1, -0.05) is 23.2 Å². The first kappa shape index (κ1) is 20.9. The van der Waals surface area contributed by atoms with Crippen LogP contribution in [0.4, 0.5) is 5.69 Å². The first-order chi connectivity index (χ1) is 12.9. The van der Waals surface area contributed by atoms with E-state index in [0.717, 1.165) is 0 Å². The maximum absolute atomic E-state index is 12.1. The molecule has 27 heavy (non-hydrogen) atoms. The number of hydrogen-bond acceptors (Lipinski definition) is 4. The SMILES string of the molecule is COc1cc(NC(=O)CCCNC(=O)c2ccc(Cl)cc2)c(OC)cc1Cl. The van der Waals surface area contributed by atoms with E-state index in [2.05, 4.69) is 10.6 Å². The van der Waals surface area contributed by atoms with Gasteiger partial charge in [0.1, 0.15) is 11.5 Å². The number of carbonyl (C=O) groups excluding carboxylic acids is 2. The molecule has 0 radical (unpaired) electrons. The zero-order chi connectivity index (χ0) is 19.8. The van der Waals surface area contributed by atoms with Crippen LogP contribution in [0, 0.1) is 0 Å². The van der Waals surface area contributed by atoms with Crippen molar-refractivity contribution in [1.82, 2.24) is 5.32 Å². The summed E-state index contributed by atoms with van der Waals surface area (Å²) in [5.41, 5.74) is 0.982. The lowest BCUT2D eigenvalue weighted by molar-refractivity contribution is -0.116. The van der Waals surface area contributed by atoms with E-state index in [4.69, 9.17) is 32.7 Å². The number of rotatable bonds is 8. The summed E-state index contributed by atoms with van der Waals surface area (Å²) in [5, 5.41) is 6.47. The van der Waals surface area contributed by atoms with E-state index in [-0.39, 0.29) is 18.2 Å². The summed E-state index contributed by atoms with van der Waals surface area (Å²) in [6.45, 7) is 0.371. The van der Waals surface area contributed by atoms with Crippen LogP contribution in [0.1, 0.15) is 23.2 Å². The summed E-state index contributed by atoms with van der Waals surface area (Å²) < 4.78 is 10.4. The molecule has 0 aliphatic heterocycles. The number of nitrogens with one attached hydrogen (secondary N) is 2. The van der Waals surface area contributed by atoms with E-state index in [0.29, 0.717) is 45.8 Å². The van der Waals surface area contributed by atoms with Gasteiger partial charge < -0.3 is 20.1 Å². The fourth-order valence-corrected chi connectivity index (χ4v) is 2.68. The molecule has 0 saturated carbocycles. The highest BCUT2D eigenvalue weighted by Gasteiger charge is 2.12. The Morgan fingerprint density at radius 1 is 1.00 bits per heavy atom. The van der Waals surface area contributed by atoms with Gasteiger partial charge >= 0.3 is 0 Å². The molecule has 0 aromatic heterocycles. The number of ether oxygens (including phenoxy) is 2. The van der Waals surface area contributed by atoms with E-state index in [1.54, 1.807) is 36.4 Å². The van der Waals surface area contributed by atoms with Crippen molar-refractivity contribution in [2.24, 2.45) is 0 Å². The molecule has 0 aliphatic rings. The van der Waals surface area contributed by atoms with Gasteiger partial charge in [-0.3, -0.25) is 9.59 Å². The smallest absolute Gasteiger partial charge is 0.251 e. The number of anilines is 1. The average molecular weight is 411 g/mol. The number of halogens is 2. The molecule has 0 unspecified atom stereocenters. The number of methoxy groups -OCH3 is 2. The second-order valence-electron chi connectivity index (χ2n) is 5.60. The molecule has 144 valence electrons. The molecule has 2 aromatic carbocycles. The van der Waals surface area contributed by atoms with Crippen LogP contribution in [0.25, 0.3) is 0 Å². The first-order valence-electron chi connectivity index (χ1n) is 8.19. The van der Waals surface area contributed by atoms with Crippen LogP contribution < -0.4 is 20.1 Å². The van der Waals surface area contributed by atoms with Gasteiger partial charge in [0, 0.05) is 35.7 Å². The highest BCUT2D eigenvalue weighted by atomic mass is 35.5. The Morgan fingerprint density at radius 3 is 2.30 bits per heavy atom. The van der Waals surface area contributed by atoms with Crippen LogP contribution in [-0.2, 0) is 4.79 Å². The lowest BCUT2D eigenvalue weighted by Gasteiger charge is -2.13. The summed E-state index contributed by atoms with van der Waals surface area (Å²) in [6.07, 6.45) is 0.715. The van der Waals surface area contributed by atoms with E-state index in [1.165, 1.54) is 14.2 Å². The van der Waals surface area contributed by atoms with Gasteiger partial charge in [0.05, 0.1) is 24.9 Å². The van der Waals surface area contributed by atoms with Crippen LogP contribution in [0.3, 0.4) is 0 Å². The maximum Gasteiger partial charge on any atom is 0.251 e. The monoisotopic (exact) mass is 410 g/mol. The predicted octanol–water partition coefficient (Wildman–Crippen LogP) is 4.16. The standard InChI is InChI=1S/C19H20Cl2N2O4/c1-26-16-11-15(17(27-2)10-14(16)21)23-18(24)4-3-9-22-19(25)12-5-7-13(20)8-6-12/h5-8,10-11H,3-4,9H2,1-2H3,(H,22,25)(H,23,24). The van der Waals surface area contributed by atoms with E-state index in [9.17, 15) is 9.59 Å². The zero-order valence-corrected chi connectivity index (χ0v) is 16.5. The number of hydrogen-bond donors (Lipinski definition) is 2. The Labute approximate surface area is 167 Å². The molecule has 2 amide bonds. The predicted molar refractivity (Wildman–Crippen MR) is 106 cm³/mol. The van der Waals surface area contributed by atoms with Crippen molar-refractivity contribution in [1.29, 1.82) is 0 Å². The largest absolute Gasteiger partial charge is 0.495 e. The normalized spacial score (nSPS) is 10.2. The first-order valence-corrected chi connectivity index (χ1v) is 8.95. The molecule has 2 N–H and O–H groups in total. The molecule has 8 heteroatoms. The lowest BCUT2D eigenvalue weighted by Crippen LogP contribution is -2.25. The molecule has 0 saturated heterocycles. The van der Waals surface area contributed by atoms with Crippen molar-refractivity contribution in [2.75, 3.05) is 26.1 Å². The van der Waals surface area contributed by atoms with E-state index in [1.807, 2.05) is 0 Å². The summed E-state index contributed by atoms with van der Waals surface area (Å²) in [7, 11) is 2.97. The van der Waals surface area contributed by atoms with Gasteiger partial charge in [-0.05, 0) is 30.7 Å². The molecular formula is C19H20Cl2N2O4. The third kappa shape index (κ3) is 6.05. The summed E-state index contributed by atoms with van der Waals surface area (Å²) >= 11 is 11.8. The Balaban J connectivity index is 1.82. The van der Waals surface area contributed by atoms with Crippen molar-refractivity contribution in [2.45, 2.75) is 12.8 Å². The molecular weight excluding hydrogens is 391 g/mol. The Morgan fingerprint density at radius 2 is 1.67 bits per heavy atom. The van der Waals surface area contributed by atoms with Crippen molar-refractivity contribution >= 4 is 40.7 Å². The van der Waals surface area contributed by atoms with Gasteiger partial charge in [0.15, 0.2) is 0 Å². The Bertz CT molecular complexity index is 810. The minimum Gasteiger partial charge on any atom is -0.495 e. The second-order valence-corrected chi connectivity index (χ2v) is 6.45. The molecule has 0 bridgehead atoms. The van der Waals surface area contributed by atoms with Gasteiger partial charge in [-0.15, -0.1) is 0 Å². The molecule has 0 atom stereocenters. The molecule has 0 aliphatic carbocycles. The third-order valence-corrected chi connectivity index (χ3v) is 4.27. The van der Waals surface area contributed by atoms with E-state index >= 15 is 0 Å². The van der Waals surface area contributed by atoms with Crippen LogP contribution in [0.2, 0.25) is 10.0 Å². The van der Waals surface area contributed by atoms with Crippen LogP contribution in [0.5, 0.6) is 11.5 Å². The van der Waals surface area contributed by atoms with E-state index < -0.39 is 0 Å². The molecule has 0 heterocycles. The Hall–Kier alpha value is -2.44. The van der Waals surface area contributed by atoms with Crippen molar-refractivity contribution in [3.8, 4) is 11.5 Å². The van der Waals surface area contributed by atoms with Crippen LogP contribution >= 0.6 is 23.2 Å². The highest BCUT2D eigenvalue weighted by Crippen LogP contribution is 2.35. The second kappa shape index (κ2) is 10.0. The molecule has 2 aromatic rings. The Kier molecular flexibility index (Phi) is 7.76. The topological polar surface area (TPSA) is 76.7 Å². The average Bonchev–Trinajstić information content (AvgIpc) is 2.66. The fourth-order valence-electron chi connectivity index (χ4n) is 2.33. The van der Waals surface area contributed by atoms with Gasteiger partial charge in [0.25, 0.3) is 5.91 Å². The summed E-state index contributed by atoms with van der Waals surface area (Å²) in [4.78, 5) is 24.1.